The predicted octanol–water partition coefficient (Wildman–Crippen LogP) is 1.29. The molecule has 1 fully saturated rings. The number of rotatable bonds is 5. The average molecular weight is 215 g/mol. The zero-order valence-corrected chi connectivity index (χ0v) is 10.00. The van der Waals surface area contributed by atoms with E-state index in [1.54, 1.807) is 0 Å². The monoisotopic (exact) mass is 215 g/mol. The lowest BCUT2D eigenvalue weighted by molar-refractivity contribution is -0.0520. The average Bonchev–Trinajstić information content (AvgIpc) is 2.18. The third-order valence-corrected chi connectivity index (χ3v) is 3.57. The molecule has 0 heterocycles. The van der Waals surface area contributed by atoms with Crippen LogP contribution >= 0.6 is 0 Å². The van der Waals surface area contributed by atoms with Crippen LogP contribution in [-0.2, 0) is 0 Å². The van der Waals surface area contributed by atoms with E-state index in [-0.39, 0.29) is 0 Å². The Morgan fingerprint density at radius 2 is 1.93 bits per heavy atom. The molecule has 3 nitrogen and oxygen atoms in total. The molecule has 15 heavy (non-hydrogen) atoms. The molecule has 3 heteroatoms. The summed E-state index contributed by atoms with van der Waals surface area (Å²) in [4.78, 5) is 0. The number of nitrogens with one attached hydrogen (secondary N) is 1. The van der Waals surface area contributed by atoms with Crippen molar-refractivity contribution >= 4 is 0 Å². The first-order valence-corrected chi connectivity index (χ1v) is 6.11. The molecule has 0 aliphatic heterocycles. The molecule has 90 valence electrons. The Morgan fingerprint density at radius 3 is 2.47 bits per heavy atom. The van der Waals surface area contributed by atoms with Crippen molar-refractivity contribution in [1.82, 2.24) is 5.32 Å². The normalized spacial score (nSPS) is 24.8. The Hall–Kier alpha value is -0.120. The topological polar surface area (TPSA) is 52.5 Å². The maximum absolute atomic E-state index is 10.3. The maximum atomic E-state index is 10.3. The highest BCUT2D eigenvalue weighted by atomic mass is 16.3. The standard InChI is InChI=1S/C12H25NO2/c1-12(15,8-11(14)9-13-2)10-6-4-3-5-7-10/h10-11,13-15H,3-9H2,1-2H3/t11-,12-/m1/s1. The molecule has 0 aromatic heterocycles. The molecular formula is C12H25NO2. The molecule has 1 aliphatic carbocycles. The molecule has 1 aliphatic rings. The third-order valence-electron chi connectivity index (χ3n) is 3.57. The maximum Gasteiger partial charge on any atom is 0.0691 e. The van der Waals surface area contributed by atoms with Crippen LogP contribution in [0.3, 0.4) is 0 Å². The van der Waals surface area contributed by atoms with Gasteiger partial charge in [0.1, 0.15) is 0 Å². The molecule has 1 rings (SSSR count). The van der Waals surface area contributed by atoms with Crippen LogP contribution < -0.4 is 5.32 Å². The lowest BCUT2D eigenvalue weighted by atomic mass is 9.75. The van der Waals surface area contributed by atoms with Gasteiger partial charge in [-0.1, -0.05) is 19.3 Å². The summed E-state index contributed by atoms with van der Waals surface area (Å²) in [5, 5.41) is 23.0. The fourth-order valence-corrected chi connectivity index (χ4v) is 2.68. The lowest BCUT2D eigenvalue weighted by Gasteiger charge is -2.37. The van der Waals surface area contributed by atoms with Gasteiger partial charge in [-0.2, -0.15) is 0 Å². The molecule has 1 saturated carbocycles. The summed E-state index contributed by atoms with van der Waals surface area (Å²) in [6.45, 7) is 2.44. The van der Waals surface area contributed by atoms with Crippen molar-refractivity contribution in [1.29, 1.82) is 0 Å². The Kier molecular flexibility index (Phi) is 5.03. The van der Waals surface area contributed by atoms with Crippen LogP contribution in [0.1, 0.15) is 45.4 Å². The Morgan fingerprint density at radius 1 is 1.33 bits per heavy atom. The van der Waals surface area contributed by atoms with Gasteiger partial charge in [0.05, 0.1) is 11.7 Å². The van der Waals surface area contributed by atoms with Crippen LogP contribution in [0.15, 0.2) is 0 Å². The number of likely N-dealkylation sites (N-methyl/N-ethyl adjacent to an activating group) is 1. The predicted molar refractivity (Wildman–Crippen MR) is 61.7 cm³/mol. The van der Waals surface area contributed by atoms with E-state index in [2.05, 4.69) is 5.32 Å². The Bertz CT molecular complexity index is 176. The molecule has 0 spiro atoms. The fraction of sp³-hybridized carbons (Fsp3) is 1.00. The quantitative estimate of drug-likeness (QED) is 0.648. The van der Waals surface area contributed by atoms with Gasteiger partial charge in [0.25, 0.3) is 0 Å². The highest BCUT2D eigenvalue weighted by Gasteiger charge is 2.34. The van der Waals surface area contributed by atoms with E-state index in [4.69, 9.17) is 0 Å². The fourth-order valence-electron chi connectivity index (χ4n) is 2.68. The minimum Gasteiger partial charge on any atom is -0.392 e. The highest BCUT2D eigenvalue weighted by molar-refractivity contribution is 4.86. The van der Waals surface area contributed by atoms with Crippen LogP contribution in [0, 0.1) is 5.92 Å². The molecule has 3 N–H and O–H groups in total. The summed E-state index contributed by atoms with van der Waals surface area (Å²) in [7, 11) is 1.82. The molecule has 0 radical (unpaired) electrons. The van der Waals surface area contributed by atoms with Gasteiger partial charge in [0.2, 0.25) is 0 Å². The second kappa shape index (κ2) is 5.83. The number of aliphatic hydroxyl groups excluding tert-OH is 1. The van der Waals surface area contributed by atoms with Gasteiger partial charge in [0.15, 0.2) is 0 Å². The first-order valence-electron chi connectivity index (χ1n) is 6.11. The van der Waals surface area contributed by atoms with Gasteiger partial charge in [-0.15, -0.1) is 0 Å². The van der Waals surface area contributed by atoms with Crippen LogP contribution in [0.2, 0.25) is 0 Å². The van der Waals surface area contributed by atoms with Crippen molar-refractivity contribution in [2.75, 3.05) is 13.6 Å². The van der Waals surface area contributed by atoms with E-state index in [1.165, 1.54) is 19.3 Å². The summed E-state index contributed by atoms with van der Waals surface area (Å²) in [6, 6.07) is 0. The first-order chi connectivity index (χ1) is 7.06. The minimum absolute atomic E-state index is 0.373. The van der Waals surface area contributed by atoms with Gasteiger partial charge in [0, 0.05) is 13.0 Å². The summed E-state index contributed by atoms with van der Waals surface area (Å²) < 4.78 is 0. The SMILES string of the molecule is CNC[C@H](O)C[C@@](C)(O)C1CCCCC1. The third kappa shape index (κ3) is 4.09. The zero-order valence-electron chi connectivity index (χ0n) is 10.00. The molecule has 0 aromatic carbocycles. The first kappa shape index (κ1) is 12.9. The van der Waals surface area contributed by atoms with Gasteiger partial charge >= 0.3 is 0 Å². The summed E-state index contributed by atoms with van der Waals surface area (Å²) in [5.74, 6) is 0.373. The zero-order chi connectivity index (χ0) is 11.3. The number of aliphatic hydroxyl groups is 2. The van der Waals surface area contributed by atoms with Crippen LogP contribution in [0.4, 0.5) is 0 Å². The van der Waals surface area contributed by atoms with Gasteiger partial charge in [-0.05, 0) is 32.7 Å². The molecule has 0 aromatic rings. The molecule has 0 saturated heterocycles. The van der Waals surface area contributed by atoms with E-state index < -0.39 is 11.7 Å². The van der Waals surface area contributed by atoms with Crippen molar-refractivity contribution in [3.05, 3.63) is 0 Å². The van der Waals surface area contributed by atoms with Gasteiger partial charge in [-0.25, -0.2) is 0 Å². The molecule has 0 amide bonds. The van der Waals surface area contributed by atoms with E-state index in [0.29, 0.717) is 18.9 Å². The van der Waals surface area contributed by atoms with E-state index in [0.717, 1.165) is 12.8 Å². The van der Waals surface area contributed by atoms with E-state index >= 15 is 0 Å². The van der Waals surface area contributed by atoms with Crippen molar-refractivity contribution in [3.8, 4) is 0 Å². The number of hydrogen-bond acceptors (Lipinski definition) is 3. The Labute approximate surface area is 92.9 Å². The van der Waals surface area contributed by atoms with E-state index in [9.17, 15) is 10.2 Å². The molecular weight excluding hydrogens is 190 g/mol. The van der Waals surface area contributed by atoms with Gasteiger partial charge in [-0.3, -0.25) is 0 Å². The highest BCUT2D eigenvalue weighted by Crippen LogP contribution is 2.35. The Balaban J connectivity index is 2.41. The van der Waals surface area contributed by atoms with Gasteiger partial charge < -0.3 is 15.5 Å². The summed E-state index contributed by atoms with van der Waals surface area (Å²) in [5.41, 5.74) is -0.698. The van der Waals surface area contributed by atoms with Crippen LogP contribution in [-0.4, -0.2) is 35.5 Å². The second-order valence-corrected chi connectivity index (χ2v) is 5.11. The molecule has 0 unspecified atom stereocenters. The van der Waals surface area contributed by atoms with Crippen LogP contribution in [0.25, 0.3) is 0 Å². The minimum atomic E-state index is -0.698. The number of hydrogen-bond donors (Lipinski definition) is 3. The van der Waals surface area contributed by atoms with E-state index in [1.807, 2.05) is 14.0 Å². The molecule has 0 bridgehead atoms. The van der Waals surface area contributed by atoms with Crippen molar-refractivity contribution in [2.24, 2.45) is 5.92 Å². The van der Waals surface area contributed by atoms with Crippen LogP contribution in [0.5, 0.6) is 0 Å². The lowest BCUT2D eigenvalue weighted by Crippen LogP contribution is -2.41. The second-order valence-electron chi connectivity index (χ2n) is 5.11. The smallest absolute Gasteiger partial charge is 0.0691 e. The van der Waals surface area contributed by atoms with Crippen molar-refractivity contribution in [2.45, 2.75) is 57.2 Å². The van der Waals surface area contributed by atoms with Crippen molar-refractivity contribution < 1.29 is 10.2 Å². The van der Waals surface area contributed by atoms with Crippen molar-refractivity contribution in [3.63, 3.8) is 0 Å². The largest absolute Gasteiger partial charge is 0.392 e. The summed E-state index contributed by atoms with van der Waals surface area (Å²) in [6.07, 6.45) is 6.01. The molecule has 2 atom stereocenters. The summed E-state index contributed by atoms with van der Waals surface area (Å²) >= 11 is 0.